The lowest BCUT2D eigenvalue weighted by atomic mass is 10.1. The molecule has 3 nitrogen and oxygen atoms in total. The minimum Gasteiger partial charge on any atom is -0.341 e. The zero-order valence-electron chi connectivity index (χ0n) is 10.4. The Morgan fingerprint density at radius 3 is 2.82 bits per heavy atom. The predicted octanol–water partition coefficient (Wildman–Crippen LogP) is 1.44. The highest BCUT2D eigenvalue weighted by molar-refractivity contribution is 5.76. The molecule has 1 aromatic rings. The van der Waals surface area contributed by atoms with Gasteiger partial charge in [-0.3, -0.25) is 4.79 Å². The average Bonchev–Trinajstić information content (AvgIpc) is 2.86. The minimum atomic E-state index is 0.284. The Balaban J connectivity index is 1.78. The lowest BCUT2D eigenvalue weighted by molar-refractivity contribution is -0.130. The van der Waals surface area contributed by atoms with Crippen LogP contribution in [0.3, 0.4) is 0 Å². The summed E-state index contributed by atoms with van der Waals surface area (Å²) in [5, 5.41) is 3.23. The number of rotatable bonds is 4. The number of nitrogens with one attached hydrogen (secondary N) is 1. The van der Waals surface area contributed by atoms with E-state index >= 15 is 0 Å². The summed E-state index contributed by atoms with van der Waals surface area (Å²) in [6.07, 6.45) is 2.55. The number of aryl methyl sites for hydroxylation is 1. The van der Waals surface area contributed by atoms with Crippen molar-refractivity contribution < 1.29 is 4.79 Å². The van der Waals surface area contributed by atoms with Crippen LogP contribution >= 0.6 is 0 Å². The van der Waals surface area contributed by atoms with Crippen molar-refractivity contribution in [3.63, 3.8) is 0 Å². The normalized spacial score (nSPS) is 19.6. The van der Waals surface area contributed by atoms with E-state index in [9.17, 15) is 4.79 Å². The van der Waals surface area contributed by atoms with Crippen LogP contribution in [-0.2, 0) is 11.2 Å². The SMILES string of the molecule is CNC1CCN(C(=O)CCc2ccccc2)C1. The number of benzene rings is 1. The monoisotopic (exact) mass is 232 g/mol. The first-order valence-corrected chi connectivity index (χ1v) is 6.28. The van der Waals surface area contributed by atoms with E-state index in [1.165, 1.54) is 5.56 Å². The number of hydrogen-bond donors (Lipinski definition) is 1. The van der Waals surface area contributed by atoms with Gasteiger partial charge in [-0.1, -0.05) is 30.3 Å². The van der Waals surface area contributed by atoms with Gasteiger partial charge in [-0.15, -0.1) is 0 Å². The Bertz CT molecular complexity index is 364. The van der Waals surface area contributed by atoms with E-state index in [4.69, 9.17) is 0 Å². The fraction of sp³-hybridized carbons (Fsp3) is 0.500. The summed E-state index contributed by atoms with van der Waals surface area (Å²) in [5.41, 5.74) is 1.24. The Hall–Kier alpha value is -1.35. The standard InChI is InChI=1S/C14H20N2O/c1-15-13-9-10-16(11-13)14(17)8-7-12-5-3-2-4-6-12/h2-6,13,15H,7-11H2,1H3. The van der Waals surface area contributed by atoms with Crippen LogP contribution in [0.5, 0.6) is 0 Å². The Kier molecular flexibility index (Phi) is 4.15. The molecular formula is C14H20N2O. The second-order valence-corrected chi connectivity index (χ2v) is 4.60. The quantitative estimate of drug-likeness (QED) is 0.852. The molecule has 0 spiro atoms. The molecule has 1 N–H and O–H groups in total. The van der Waals surface area contributed by atoms with Gasteiger partial charge in [-0.25, -0.2) is 0 Å². The van der Waals surface area contributed by atoms with E-state index in [1.807, 2.05) is 30.1 Å². The molecular weight excluding hydrogens is 212 g/mol. The molecule has 1 unspecified atom stereocenters. The van der Waals surface area contributed by atoms with Crippen LogP contribution in [0.1, 0.15) is 18.4 Å². The van der Waals surface area contributed by atoms with Gasteiger partial charge in [0.2, 0.25) is 5.91 Å². The van der Waals surface area contributed by atoms with Crippen molar-refractivity contribution in [2.45, 2.75) is 25.3 Å². The van der Waals surface area contributed by atoms with Gasteiger partial charge in [-0.05, 0) is 25.5 Å². The van der Waals surface area contributed by atoms with E-state index in [0.717, 1.165) is 25.9 Å². The number of likely N-dealkylation sites (tertiary alicyclic amines) is 1. The number of nitrogens with zero attached hydrogens (tertiary/aromatic N) is 1. The molecule has 1 fully saturated rings. The summed E-state index contributed by atoms with van der Waals surface area (Å²) in [4.78, 5) is 14.0. The molecule has 3 heteroatoms. The van der Waals surface area contributed by atoms with Gasteiger partial charge in [0, 0.05) is 25.6 Å². The van der Waals surface area contributed by atoms with E-state index in [1.54, 1.807) is 0 Å². The maximum atomic E-state index is 12.0. The third-order valence-corrected chi connectivity index (χ3v) is 3.42. The first kappa shape index (κ1) is 12.1. The third kappa shape index (κ3) is 3.30. The fourth-order valence-corrected chi connectivity index (χ4v) is 2.28. The van der Waals surface area contributed by atoms with Gasteiger partial charge in [0.15, 0.2) is 0 Å². The Morgan fingerprint density at radius 1 is 1.41 bits per heavy atom. The molecule has 0 bridgehead atoms. The number of carbonyl (C=O) groups is 1. The van der Waals surface area contributed by atoms with E-state index in [-0.39, 0.29) is 5.91 Å². The molecule has 1 aliphatic rings. The molecule has 0 saturated carbocycles. The molecule has 92 valence electrons. The van der Waals surface area contributed by atoms with Crippen molar-refractivity contribution in [3.05, 3.63) is 35.9 Å². The first-order valence-electron chi connectivity index (χ1n) is 6.28. The summed E-state index contributed by atoms with van der Waals surface area (Å²) < 4.78 is 0. The second-order valence-electron chi connectivity index (χ2n) is 4.60. The number of amides is 1. The van der Waals surface area contributed by atoms with Gasteiger partial charge in [0.1, 0.15) is 0 Å². The van der Waals surface area contributed by atoms with Crippen molar-refractivity contribution in [2.24, 2.45) is 0 Å². The number of carbonyl (C=O) groups excluding carboxylic acids is 1. The number of likely N-dealkylation sites (N-methyl/N-ethyl adjacent to an activating group) is 1. The second kappa shape index (κ2) is 5.82. The van der Waals surface area contributed by atoms with Crippen LogP contribution in [-0.4, -0.2) is 37.0 Å². The van der Waals surface area contributed by atoms with Crippen LogP contribution in [0, 0.1) is 0 Å². The molecule has 1 aliphatic heterocycles. The zero-order chi connectivity index (χ0) is 12.1. The summed E-state index contributed by atoms with van der Waals surface area (Å²) in [6, 6.07) is 10.7. The van der Waals surface area contributed by atoms with E-state index in [0.29, 0.717) is 12.5 Å². The fourth-order valence-electron chi connectivity index (χ4n) is 2.28. The zero-order valence-corrected chi connectivity index (χ0v) is 10.4. The van der Waals surface area contributed by atoms with Crippen LogP contribution in [0.4, 0.5) is 0 Å². The molecule has 0 aliphatic carbocycles. The van der Waals surface area contributed by atoms with Crippen LogP contribution in [0.15, 0.2) is 30.3 Å². The molecule has 17 heavy (non-hydrogen) atoms. The molecule has 1 heterocycles. The molecule has 2 rings (SSSR count). The lowest BCUT2D eigenvalue weighted by Gasteiger charge is -2.16. The third-order valence-electron chi connectivity index (χ3n) is 3.42. The van der Waals surface area contributed by atoms with E-state index in [2.05, 4.69) is 17.4 Å². The van der Waals surface area contributed by atoms with E-state index < -0.39 is 0 Å². The molecule has 0 radical (unpaired) electrons. The molecule has 1 aromatic carbocycles. The van der Waals surface area contributed by atoms with Gasteiger partial charge < -0.3 is 10.2 Å². The number of hydrogen-bond acceptors (Lipinski definition) is 2. The van der Waals surface area contributed by atoms with Crippen molar-refractivity contribution >= 4 is 5.91 Å². The van der Waals surface area contributed by atoms with Crippen molar-refractivity contribution in [1.82, 2.24) is 10.2 Å². The highest BCUT2D eigenvalue weighted by atomic mass is 16.2. The van der Waals surface area contributed by atoms with Gasteiger partial charge in [-0.2, -0.15) is 0 Å². The van der Waals surface area contributed by atoms with Crippen LogP contribution in [0.25, 0.3) is 0 Å². The maximum Gasteiger partial charge on any atom is 0.222 e. The maximum absolute atomic E-state index is 12.0. The van der Waals surface area contributed by atoms with Crippen molar-refractivity contribution in [1.29, 1.82) is 0 Å². The summed E-state index contributed by atoms with van der Waals surface area (Å²) in [5.74, 6) is 0.284. The molecule has 1 atom stereocenters. The highest BCUT2D eigenvalue weighted by Gasteiger charge is 2.24. The summed E-state index contributed by atoms with van der Waals surface area (Å²) in [6.45, 7) is 1.77. The smallest absolute Gasteiger partial charge is 0.222 e. The minimum absolute atomic E-state index is 0.284. The molecule has 0 aromatic heterocycles. The largest absolute Gasteiger partial charge is 0.341 e. The topological polar surface area (TPSA) is 32.3 Å². The Morgan fingerprint density at radius 2 is 2.18 bits per heavy atom. The average molecular weight is 232 g/mol. The predicted molar refractivity (Wildman–Crippen MR) is 68.8 cm³/mol. The van der Waals surface area contributed by atoms with Gasteiger partial charge >= 0.3 is 0 Å². The molecule has 1 amide bonds. The van der Waals surface area contributed by atoms with Gasteiger partial charge in [0.05, 0.1) is 0 Å². The first-order chi connectivity index (χ1) is 8.29. The Labute approximate surface area is 103 Å². The van der Waals surface area contributed by atoms with Crippen molar-refractivity contribution in [2.75, 3.05) is 20.1 Å². The lowest BCUT2D eigenvalue weighted by Crippen LogP contribution is -2.33. The summed E-state index contributed by atoms with van der Waals surface area (Å²) >= 11 is 0. The van der Waals surface area contributed by atoms with Crippen LogP contribution in [0.2, 0.25) is 0 Å². The molecule has 1 saturated heterocycles. The van der Waals surface area contributed by atoms with Crippen molar-refractivity contribution in [3.8, 4) is 0 Å². The summed E-state index contributed by atoms with van der Waals surface area (Å²) in [7, 11) is 1.96. The van der Waals surface area contributed by atoms with Crippen LogP contribution < -0.4 is 5.32 Å². The van der Waals surface area contributed by atoms with Gasteiger partial charge in [0.25, 0.3) is 0 Å². The highest BCUT2D eigenvalue weighted by Crippen LogP contribution is 2.11.